The lowest BCUT2D eigenvalue weighted by Gasteiger charge is -2.15. The topological polar surface area (TPSA) is 87.7 Å². The maximum atomic E-state index is 12.8. The second kappa shape index (κ2) is 8.31. The number of nitrogens with one attached hydrogen (secondary N) is 2. The highest BCUT2D eigenvalue weighted by molar-refractivity contribution is 5.89. The lowest BCUT2D eigenvalue weighted by Crippen LogP contribution is -2.30. The average molecular weight is 356 g/mol. The van der Waals surface area contributed by atoms with Crippen molar-refractivity contribution in [3.8, 4) is 5.75 Å². The molecule has 0 saturated carbocycles. The number of amides is 2. The van der Waals surface area contributed by atoms with E-state index in [4.69, 9.17) is 5.11 Å². The minimum absolute atomic E-state index is 0.00314. The summed E-state index contributed by atoms with van der Waals surface area (Å²) in [7, 11) is 0. The quantitative estimate of drug-likeness (QED) is 0.517. The fourth-order valence-corrected chi connectivity index (χ4v) is 1.64. The maximum Gasteiger partial charge on any atom is 0.420 e. The van der Waals surface area contributed by atoms with E-state index in [9.17, 15) is 31.5 Å². The van der Waals surface area contributed by atoms with E-state index < -0.39 is 36.1 Å². The number of carbonyl (C=O) groups is 2. The van der Waals surface area contributed by atoms with Crippen molar-refractivity contribution < 1.29 is 41.4 Å². The third-order valence-corrected chi connectivity index (χ3v) is 2.61. The number of hydrogen-bond acceptors (Lipinski definition) is 3. The maximum absolute atomic E-state index is 12.8. The highest BCUT2D eigenvalue weighted by atomic mass is 19.4. The van der Waals surface area contributed by atoms with Gasteiger partial charge in [0.05, 0.1) is 5.56 Å². The van der Waals surface area contributed by atoms with Crippen LogP contribution in [0.3, 0.4) is 0 Å². The van der Waals surface area contributed by atoms with Crippen molar-refractivity contribution in [1.82, 2.24) is 5.32 Å². The first-order valence-electron chi connectivity index (χ1n) is 6.52. The Morgan fingerprint density at radius 3 is 2.46 bits per heavy atom. The molecule has 1 aromatic carbocycles. The summed E-state index contributed by atoms with van der Waals surface area (Å²) >= 11 is 0. The van der Waals surface area contributed by atoms with Gasteiger partial charge in [0.15, 0.2) is 0 Å². The van der Waals surface area contributed by atoms with Crippen molar-refractivity contribution in [1.29, 1.82) is 0 Å². The molecule has 0 fully saturated rings. The number of benzene rings is 1. The minimum Gasteiger partial charge on any atom is -0.481 e. The predicted octanol–water partition coefficient (Wildman–Crippen LogP) is 3.29. The van der Waals surface area contributed by atoms with Crippen molar-refractivity contribution in [3.05, 3.63) is 23.8 Å². The normalized spacial score (nSPS) is 11.2. The van der Waals surface area contributed by atoms with E-state index in [0.717, 1.165) is 6.07 Å². The molecule has 134 valence electrons. The molecule has 2 amide bonds. The standard InChI is InChI=1S/C13H13F5N2O4/c14-11(15)24-9-4-3-7(6-8(9)13(16,17)18)20-12(23)19-5-1-2-10(21)22/h3-4,6,11H,1-2,5H2,(H,21,22)(H2,19,20,23). The van der Waals surface area contributed by atoms with Gasteiger partial charge < -0.3 is 20.5 Å². The number of rotatable bonds is 7. The van der Waals surface area contributed by atoms with E-state index in [0.29, 0.717) is 12.1 Å². The molecule has 3 N–H and O–H groups in total. The minimum atomic E-state index is -4.96. The molecule has 0 aliphatic rings. The van der Waals surface area contributed by atoms with Gasteiger partial charge in [-0.15, -0.1) is 0 Å². The zero-order valence-electron chi connectivity index (χ0n) is 12.0. The summed E-state index contributed by atoms with van der Waals surface area (Å²) in [5.41, 5.74) is -1.76. The van der Waals surface area contributed by atoms with Crippen LogP contribution in [0.2, 0.25) is 0 Å². The Kier molecular flexibility index (Phi) is 6.74. The third kappa shape index (κ3) is 6.67. The highest BCUT2D eigenvalue weighted by Crippen LogP contribution is 2.38. The van der Waals surface area contributed by atoms with E-state index in [2.05, 4.69) is 15.4 Å². The number of urea groups is 1. The van der Waals surface area contributed by atoms with Gasteiger partial charge in [-0.25, -0.2) is 4.79 Å². The average Bonchev–Trinajstić information content (AvgIpc) is 2.43. The van der Waals surface area contributed by atoms with Crippen molar-refractivity contribution in [2.45, 2.75) is 25.6 Å². The molecular weight excluding hydrogens is 343 g/mol. The van der Waals surface area contributed by atoms with Gasteiger partial charge >= 0.3 is 24.8 Å². The number of hydrogen-bond donors (Lipinski definition) is 3. The number of carboxylic acid groups (broad SMARTS) is 1. The van der Waals surface area contributed by atoms with Crippen molar-refractivity contribution in [2.24, 2.45) is 0 Å². The summed E-state index contributed by atoms with van der Waals surface area (Å²) in [5.74, 6) is -2.12. The largest absolute Gasteiger partial charge is 0.481 e. The molecule has 11 heteroatoms. The summed E-state index contributed by atoms with van der Waals surface area (Å²) in [5, 5.41) is 12.7. The Bertz CT molecular complexity index is 592. The SMILES string of the molecule is O=C(O)CCCNC(=O)Nc1ccc(OC(F)F)c(C(F)(F)F)c1. The summed E-state index contributed by atoms with van der Waals surface area (Å²) in [4.78, 5) is 21.8. The molecule has 0 aliphatic carbocycles. The predicted molar refractivity (Wildman–Crippen MR) is 72.0 cm³/mol. The molecule has 0 aliphatic heterocycles. The molecule has 24 heavy (non-hydrogen) atoms. The first-order chi connectivity index (χ1) is 11.1. The van der Waals surface area contributed by atoms with Gasteiger partial charge in [0.1, 0.15) is 5.75 Å². The van der Waals surface area contributed by atoms with Crippen LogP contribution in [0.25, 0.3) is 0 Å². The Hall–Kier alpha value is -2.59. The Labute approximate surface area is 132 Å². The smallest absolute Gasteiger partial charge is 0.420 e. The van der Waals surface area contributed by atoms with Crippen LogP contribution in [0.1, 0.15) is 18.4 Å². The summed E-state index contributed by atoms with van der Waals surface area (Å²) in [6.07, 6.45) is -5.00. The summed E-state index contributed by atoms with van der Waals surface area (Å²) in [6, 6.07) is 1.21. The van der Waals surface area contributed by atoms with Crippen LogP contribution in [-0.2, 0) is 11.0 Å². The molecule has 1 aromatic rings. The molecule has 0 bridgehead atoms. The number of anilines is 1. The van der Waals surface area contributed by atoms with Gasteiger partial charge in [-0.3, -0.25) is 4.79 Å². The number of halogens is 5. The molecular formula is C13H13F5N2O4. The first kappa shape index (κ1) is 19.5. The van der Waals surface area contributed by atoms with Crippen LogP contribution in [0.5, 0.6) is 5.75 Å². The molecule has 0 atom stereocenters. The van der Waals surface area contributed by atoms with Gasteiger partial charge in [0.25, 0.3) is 0 Å². The molecule has 0 spiro atoms. The van der Waals surface area contributed by atoms with Gasteiger partial charge in [-0.1, -0.05) is 0 Å². The molecule has 0 unspecified atom stereocenters. The number of carbonyl (C=O) groups excluding carboxylic acids is 1. The zero-order valence-corrected chi connectivity index (χ0v) is 12.0. The van der Waals surface area contributed by atoms with Crippen LogP contribution in [-0.4, -0.2) is 30.3 Å². The van der Waals surface area contributed by atoms with Crippen LogP contribution in [0.15, 0.2) is 18.2 Å². The molecule has 0 saturated heterocycles. The fraction of sp³-hybridized carbons (Fsp3) is 0.385. The van der Waals surface area contributed by atoms with Crippen LogP contribution in [0, 0.1) is 0 Å². The highest BCUT2D eigenvalue weighted by Gasteiger charge is 2.35. The van der Waals surface area contributed by atoms with E-state index >= 15 is 0 Å². The van der Waals surface area contributed by atoms with Gasteiger partial charge in [-0.05, 0) is 24.6 Å². The Morgan fingerprint density at radius 2 is 1.92 bits per heavy atom. The first-order valence-corrected chi connectivity index (χ1v) is 6.52. The third-order valence-electron chi connectivity index (χ3n) is 2.61. The Morgan fingerprint density at radius 1 is 1.25 bits per heavy atom. The van der Waals surface area contributed by atoms with Crippen LogP contribution >= 0.6 is 0 Å². The summed E-state index contributed by atoms with van der Waals surface area (Å²) in [6.45, 7) is -3.43. The second-order valence-corrected chi connectivity index (χ2v) is 4.47. The Balaban J connectivity index is 2.75. The number of ether oxygens (including phenoxy) is 1. The van der Waals surface area contributed by atoms with Crippen molar-refractivity contribution >= 4 is 17.7 Å². The molecule has 0 aromatic heterocycles. The van der Waals surface area contributed by atoms with E-state index in [-0.39, 0.29) is 25.1 Å². The molecule has 0 heterocycles. The van der Waals surface area contributed by atoms with Crippen molar-refractivity contribution in [3.63, 3.8) is 0 Å². The fourth-order valence-electron chi connectivity index (χ4n) is 1.64. The summed E-state index contributed by atoms with van der Waals surface area (Å²) < 4.78 is 66.5. The van der Waals surface area contributed by atoms with Crippen LogP contribution in [0.4, 0.5) is 32.4 Å². The van der Waals surface area contributed by atoms with Gasteiger partial charge in [-0.2, -0.15) is 22.0 Å². The van der Waals surface area contributed by atoms with Gasteiger partial charge in [0, 0.05) is 18.7 Å². The number of aliphatic carboxylic acids is 1. The van der Waals surface area contributed by atoms with E-state index in [1.165, 1.54) is 0 Å². The van der Waals surface area contributed by atoms with Crippen molar-refractivity contribution in [2.75, 3.05) is 11.9 Å². The number of carboxylic acids is 1. The van der Waals surface area contributed by atoms with E-state index in [1.54, 1.807) is 0 Å². The van der Waals surface area contributed by atoms with Crippen LogP contribution < -0.4 is 15.4 Å². The van der Waals surface area contributed by atoms with Gasteiger partial charge in [0.2, 0.25) is 0 Å². The second-order valence-electron chi connectivity index (χ2n) is 4.47. The molecule has 1 rings (SSSR count). The molecule has 0 radical (unpaired) electrons. The monoisotopic (exact) mass is 356 g/mol. The zero-order chi connectivity index (χ0) is 18.3. The molecule has 6 nitrogen and oxygen atoms in total. The lowest BCUT2D eigenvalue weighted by molar-refractivity contribution is -0.142. The number of alkyl halides is 5. The van der Waals surface area contributed by atoms with E-state index in [1.807, 2.05) is 0 Å². The lowest BCUT2D eigenvalue weighted by atomic mass is 10.1.